The molecule has 0 aliphatic heterocycles. The van der Waals surface area contributed by atoms with E-state index in [0.717, 1.165) is 13.0 Å². The van der Waals surface area contributed by atoms with Crippen LogP contribution in [0.1, 0.15) is 56.8 Å². The summed E-state index contributed by atoms with van der Waals surface area (Å²) in [6.45, 7) is 12.1. The van der Waals surface area contributed by atoms with Gasteiger partial charge in [-0.1, -0.05) is 52.3 Å². The first kappa shape index (κ1) is 16.2. The molecule has 0 spiro atoms. The van der Waals surface area contributed by atoms with Gasteiger partial charge in [-0.15, -0.1) is 0 Å². The Balaban J connectivity index is 3.02. The second-order valence-electron chi connectivity index (χ2n) is 6.57. The van der Waals surface area contributed by atoms with E-state index in [1.165, 1.54) is 16.7 Å². The van der Waals surface area contributed by atoms with Crippen LogP contribution < -0.4 is 11.1 Å². The number of hydrogen-bond donors (Lipinski definition) is 2. The van der Waals surface area contributed by atoms with Crippen molar-refractivity contribution in [2.24, 2.45) is 11.7 Å². The molecule has 0 radical (unpaired) electrons. The second-order valence-corrected chi connectivity index (χ2v) is 6.57. The predicted molar refractivity (Wildman–Crippen MR) is 84.5 cm³/mol. The molecule has 0 heterocycles. The van der Waals surface area contributed by atoms with E-state index in [1.54, 1.807) is 0 Å². The van der Waals surface area contributed by atoms with E-state index < -0.39 is 0 Å². The summed E-state index contributed by atoms with van der Waals surface area (Å²) in [7, 11) is 1.99. The zero-order valence-corrected chi connectivity index (χ0v) is 13.4. The Hall–Kier alpha value is -0.860. The summed E-state index contributed by atoms with van der Waals surface area (Å²) in [6.07, 6.45) is 1.10. The van der Waals surface area contributed by atoms with Gasteiger partial charge in [-0.3, -0.25) is 0 Å². The van der Waals surface area contributed by atoms with Crippen molar-refractivity contribution in [1.29, 1.82) is 0 Å². The third kappa shape index (κ3) is 4.05. The summed E-state index contributed by atoms with van der Waals surface area (Å²) in [5.41, 5.74) is 10.6. The van der Waals surface area contributed by atoms with Crippen LogP contribution in [0.3, 0.4) is 0 Å². The van der Waals surface area contributed by atoms with E-state index in [9.17, 15) is 0 Å². The maximum Gasteiger partial charge on any atom is 0.0338 e. The van der Waals surface area contributed by atoms with Crippen molar-refractivity contribution in [1.82, 2.24) is 5.32 Å². The van der Waals surface area contributed by atoms with Crippen LogP contribution in [0, 0.1) is 12.8 Å². The van der Waals surface area contributed by atoms with Gasteiger partial charge in [-0.25, -0.2) is 0 Å². The van der Waals surface area contributed by atoms with E-state index in [0.29, 0.717) is 5.92 Å². The standard InChI is InChI=1S/C17H30N2/c1-7-13(11-19-6)16(18)15-9-8-14(10-12(15)2)17(3,4)5/h8-10,13,16,19H,7,11,18H2,1-6H3. The highest BCUT2D eigenvalue weighted by atomic mass is 14.8. The Bertz CT molecular complexity index is 404. The highest BCUT2D eigenvalue weighted by Gasteiger charge is 2.20. The van der Waals surface area contributed by atoms with Crippen LogP contribution in [0.4, 0.5) is 0 Å². The largest absolute Gasteiger partial charge is 0.324 e. The molecule has 2 unspecified atom stereocenters. The monoisotopic (exact) mass is 262 g/mol. The number of benzene rings is 1. The Labute approximate surface area is 118 Å². The molecule has 1 aromatic carbocycles. The van der Waals surface area contributed by atoms with E-state index in [-0.39, 0.29) is 11.5 Å². The molecule has 1 aromatic rings. The summed E-state index contributed by atoms with van der Waals surface area (Å²) in [6, 6.07) is 6.86. The first-order valence-electron chi connectivity index (χ1n) is 7.32. The molecule has 0 aromatic heterocycles. The van der Waals surface area contributed by atoms with Crippen molar-refractivity contribution in [3.8, 4) is 0 Å². The summed E-state index contributed by atoms with van der Waals surface area (Å²) < 4.78 is 0. The Morgan fingerprint density at radius 2 is 1.89 bits per heavy atom. The van der Waals surface area contributed by atoms with Crippen LogP contribution in [-0.4, -0.2) is 13.6 Å². The lowest BCUT2D eigenvalue weighted by Gasteiger charge is -2.26. The highest BCUT2D eigenvalue weighted by Crippen LogP contribution is 2.29. The number of hydrogen-bond acceptors (Lipinski definition) is 2. The molecule has 0 aliphatic carbocycles. The minimum absolute atomic E-state index is 0.117. The van der Waals surface area contributed by atoms with Gasteiger partial charge in [0.2, 0.25) is 0 Å². The molecule has 1 rings (SSSR count). The fraction of sp³-hybridized carbons (Fsp3) is 0.647. The van der Waals surface area contributed by atoms with Crippen LogP contribution in [0.5, 0.6) is 0 Å². The SMILES string of the molecule is CCC(CNC)C(N)c1ccc(C(C)(C)C)cc1C. The molecule has 0 fully saturated rings. The normalized spacial score (nSPS) is 15.3. The number of aryl methyl sites for hydroxylation is 1. The summed E-state index contributed by atoms with van der Waals surface area (Å²) in [4.78, 5) is 0. The fourth-order valence-corrected chi connectivity index (χ4v) is 2.56. The molecule has 0 bridgehead atoms. The third-order valence-corrected chi connectivity index (χ3v) is 3.99. The van der Waals surface area contributed by atoms with Gasteiger partial charge in [-0.05, 0) is 48.5 Å². The smallest absolute Gasteiger partial charge is 0.0338 e. The van der Waals surface area contributed by atoms with E-state index in [1.807, 2.05) is 7.05 Å². The number of nitrogens with one attached hydrogen (secondary N) is 1. The molecule has 3 N–H and O–H groups in total. The fourth-order valence-electron chi connectivity index (χ4n) is 2.56. The second kappa shape index (κ2) is 6.53. The molecule has 2 nitrogen and oxygen atoms in total. The van der Waals surface area contributed by atoms with Crippen molar-refractivity contribution in [3.05, 3.63) is 34.9 Å². The molecule has 0 amide bonds. The Kier molecular flexibility index (Phi) is 5.57. The summed E-state index contributed by atoms with van der Waals surface area (Å²) in [5, 5.41) is 3.24. The van der Waals surface area contributed by atoms with Crippen LogP contribution in [-0.2, 0) is 5.41 Å². The van der Waals surface area contributed by atoms with Crippen molar-refractivity contribution in [3.63, 3.8) is 0 Å². The molecular formula is C17H30N2. The quantitative estimate of drug-likeness (QED) is 0.852. The van der Waals surface area contributed by atoms with Crippen LogP contribution in [0.25, 0.3) is 0 Å². The molecular weight excluding hydrogens is 232 g/mol. The van der Waals surface area contributed by atoms with Gasteiger partial charge >= 0.3 is 0 Å². The number of rotatable bonds is 5. The molecule has 0 saturated heterocycles. The van der Waals surface area contributed by atoms with Crippen molar-refractivity contribution < 1.29 is 0 Å². The first-order chi connectivity index (χ1) is 8.81. The predicted octanol–water partition coefficient (Wildman–Crippen LogP) is 3.54. The van der Waals surface area contributed by atoms with Crippen LogP contribution in [0.15, 0.2) is 18.2 Å². The van der Waals surface area contributed by atoms with Gasteiger partial charge in [0.1, 0.15) is 0 Å². The summed E-state index contributed by atoms with van der Waals surface area (Å²) in [5.74, 6) is 0.490. The third-order valence-electron chi connectivity index (χ3n) is 3.99. The van der Waals surface area contributed by atoms with Gasteiger partial charge < -0.3 is 11.1 Å². The molecule has 19 heavy (non-hydrogen) atoms. The summed E-state index contributed by atoms with van der Waals surface area (Å²) >= 11 is 0. The van der Waals surface area contributed by atoms with Crippen molar-refractivity contribution in [2.75, 3.05) is 13.6 Å². The average molecular weight is 262 g/mol. The average Bonchev–Trinajstić information content (AvgIpc) is 2.34. The van der Waals surface area contributed by atoms with Gasteiger partial charge in [0.25, 0.3) is 0 Å². The maximum absolute atomic E-state index is 6.46. The van der Waals surface area contributed by atoms with Gasteiger partial charge in [0.05, 0.1) is 0 Å². The van der Waals surface area contributed by atoms with Crippen LogP contribution >= 0.6 is 0 Å². The molecule has 2 atom stereocenters. The zero-order chi connectivity index (χ0) is 14.6. The van der Waals surface area contributed by atoms with E-state index in [4.69, 9.17) is 5.73 Å². The molecule has 0 aliphatic rings. The molecule has 0 saturated carbocycles. The zero-order valence-electron chi connectivity index (χ0n) is 13.4. The van der Waals surface area contributed by atoms with E-state index in [2.05, 4.69) is 58.1 Å². The van der Waals surface area contributed by atoms with Gasteiger partial charge in [0, 0.05) is 6.04 Å². The lowest BCUT2D eigenvalue weighted by atomic mass is 9.82. The van der Waals surface area contributed by atoms with Crippen molar-refractivity contribution in [2.45, 2.75) is 52.5 Å². The van der Waals surface area contributed by atoms with Crippen molar-refractivity contribution >= 4 is 0 Å². The molecule has 2 heteroatoms. The lowest BCUT2D eigenvalue weighted by molar-refractivity contribution is 0.402. The van der Waals surface area contributed by atoms with Crippen LogP contribution in [0.2, 0.25) is 0 Å². The first-order valence-corrected chi connectivity index (χ1v) is 7.32. The van der Waals surface area contributed by atoms with E-state index >= 15 is 0 Å². The Morgan fingerprint density at radius 3 is 2.32 bits per heavy atom. The number of nitrogens with two attached hydrogens (primary N) is 1. The topological polar surface area (TPSA) is 38.0 Å². The Morgan fingerprint density at radius 1 is 1.26 bits per heavy atom. The van der Waals surface area contributed by atoms with Gasteiger partial charge in [0.15, 0.2) is 0 Å². The maximum atomic E-state index is 6.46. The lowest BCUT2D eigenvalue weighted by Crippen LogP contribution is -2.30. The minimum Gasteiger partial charge on any atom is -0.324 e. The highest BCUT2D eigenvalue weighted by molar-refractivity contribution is 5.36. The minimum atomic E-state index is 0.117. The van der Waals surface area contributed by atoms with Gasteiger partial charge in [-0.2, -0.15) is 0 Å². The molecule has 108 valence electrons.